The molecular formula is C17H33N3O2S. The molecule has 1 atom stereocenters. The van der Waals surface area contributed by atoms with Gasteiger partial charge in [-0.25, -0.2) is 8.42 Å². The van der Waals surface area contributed by atoms with Crippen molar-refractivity contribution in [2.45, 2.75) is 64.3 Å². The molecule has 2 fully saturated rings. The van der Waals surface area contributed by atoms with Crippen molar-refractivity contribution >= 4 is 15.8 Å². The molecule has 1 saturated heterocycles. The van der Waals surface area contributed by atoms with Crippen molar-refractivity contribution in [2.75, 3.05) is 25.1 Å². The Morgan fingerprint density at radius 2 is 1.83 bits per heavy atom. The molecule has 0 aromatic carbocycles. The fourth-order valence-corrected chi connectivity index (χ4v) is 5.43. The van der Waals surface area contributed by atoms with Crippen LogP contribution in [-0.2, 0) is 9.84 Å². The van der Waals surface area contributed by atoms with Gasteiger partial charge in [-0.15, -0.1) is 0 Å². The van der Waals surface area contributed by atoms with Gasteiger partial charge in [0.15, 0.2) is 15.8 Å². The maximum absolute atomic E-state index is 11.5. The summed E-state index contributed by atoms with van der Waals surface area (Å²) in [6.45, 7) is 3.21. The Labute approximate surface area is 141 Å². The third-order valence-electron chi connectivity index (χ3n) is 5.29. The molecule has 134 valence electrons. The molecule has 6 heteroatoms. The van der Waals surface area contributed by atoms with Crippen molar-refractivity contribution in [1.82, 2.24) is 10.6 Å². The molecule has 1 heterocycles. The zero-order valence-corrected chi connectivity index (χ0v) is 15.5. The van der Waals surface area contributed by atoms with Crippen LogP contribution in [0.1, 0.15) is 58.3 Å². The van der Waals surface area contributed by atoms with Crippen molar-refractivity contribution < 1.29 is 8.42 Å². The van der Waals surface area contributed by atoms with E-state index in [1.165, 1.54) is 44.9 Å². The van der Waals surface area contributed by atoms with Crippen molar-refractivity contribution in [2.24, 2.45) is 16.8 Å². The van der Waals surface area contributed by atoms with Gasteiger partial charge in [-0.1, -0.05) is 39.0 Å². The first-order valence-corrected chi connectivity index (χ1v) is 11.0. The number of sulfone groups is 1. The molecular weight excluding hydrogens is 310 g/mol. The van der Waals surface area contributed by atoms with Gasteiger partial charge in [0.05, 0.1) is 11.5 Å². The standard InChI is InChI=1S/C17H33N3O2S/c1-3-4-5-14-6-8-15(9-7-14)12-19-17(18-2)20-16-10-11-23(21,22)13-16/h14-16H,3-13H2,1-2H3,(H2,18,19,20). The average molecular weight is 344 g/mol. The number of guanidine groups is 1. The summed E-state index contributed by atoms with van der Waals surface area (Å²) in [6.07, 6.45) is 10.1. The highest BCUT2D eigenvalue weighted by atomic mass is 32.2. The number of hydrogen-bond acceptors (Lipinski definition) is 3. The van der Waals surface area contributed by atoms with Crippen LogP contribution < -0.4 is 10.6 Å². The maximum Gasteiger partial charge on any atom is 0.191 e. The molecule has 1 aliphatic heterocycles. The minimum atomic E-state index is -2.84. The second-order valence-electron chi connectivity index (χ2n) is 7.23. The van der Waals surface area contributed by atoms with Gasteiger partial charge in [0.1, 0.15) is 0 Å². The fraction of sp³-hybridized carbons (Fsp3) is 0.941. The van der Waals surface area contributed by atoms with Crippen LogP contribution >= 0.6 is 0 Å². The molecule has 2 rings (SSSR count). The highest BCUT2D eigenvalue weighted by Gasteiger charge is 2.28. The molecule has 5 nitrogen and oxygen atoms in total. The molecule has 0 aromatic rings. The molecule has 23 heavy (non-hydrogen) atoms. The SMILES string of the molecule is CCCCC1CCC(CNC(=NC)NC2CCS(=O)(=O)C2)CC1. The molecule has 0 radical (unpaired) electrons. The highest BCUT2D eigenvalue weighted by Crippen LogP contribution is 2.31. The lowest BCUT2D eigenvalue weighted by Crippen LogP contribution is -2.45. The third-order valence-corrected chi connectivity index (χ3v) is 7.06. The Morgan fingerprint density at radius 1 is 1.13 bits per heavy atom. The van der Waals surface area contributed by atoms with E-state index in [-0.39, 0.29) is 11.8 Å². The Balaban J connectivity index is 1.66. The van der Waals surface area contributed by atoms with Crippen molar-refractivity contribution in [3.63, 3.8) is 0 Å². The summed E-state index contributed by atoms with van der Waals surface area (Å²) in [5.41, 5.74) is 0. The molecule has 0 aromatic heterocycles. The number of unbranched alkanes of at least 4 members (excludes halogenated alkanes) is 1. The predicted molar refractivity (Wildman–Crippen MR) is 96.5 cm³/mol. The quantitative estimate of drug-likeness (QED) is 0.574. The van der Waals surface area contributed by atoms with Crippen molar-refractivity contribution in [3.8, 4) is 0 Å². The Bertz CT molecular complexity index is 482. The average Bonchev–Trinajstić information content (AvgIpc) is 2.89. The first-order chi connectivity index (χ1) is 11.0. The van der Waals surface area contributed by atoms with Gasteiger partial charge in [-0.3, -0.25) is 4.99 Å². The number of nitrogens with zero attached hydrogens (tertiary/aromatic N) is 1. The smallest absolute Gasteiger partial charge is 0.191 e. The topological polar surface area (TPSA) is 70.6 Å². The third kappa shape index (κ3) is 6.32. The van der Waals surface area contributed by atoms with Crippen LogP contribution in [0.25, 0.3) is 0 Å². The molecule has 0 bridgehead atoms. The Morgan fingerprint density at radius 3 is 2.39 bits per heavy atom. The number of nitrogens with one attached hydrogen (secondary N) is 2. The van der Waals surface area contributed by atoms with Crippen LogP contribution in [0.5, 0.6) is 0 Å². The van der Waals surface area contributed by atoms with E-state index in [4.69, 9.17) is 0 Å². The normalized spacial score (nSPS) is 31.0. The van der Waals surface area contributed by atoms with Gasteiger partial charge in [0.25, 0.3) is 0 Å². The Hall–Kier alpha value is -0.780. The molecule has 2 N–H and O–H groups in total. The molecule has 2 aliphatic rings. The van der Waals surface area contributed by atoms with Crippen LogP contribution in [0.4, 0.5) is 0 Å². The van der Waals surface area contributed by atoms with Crippen LogP contribution in [0.2, 0.25) is 0 Å². The molecule has 1 saturated carbocycles. The predicted octanol–water partition coefficient (Wildman–Crippen LogP) is 2.34. The largest absolute Gasteiger partial charge is 0.356 e. The summed E-state index contributed by atoms with van der Waals surface area (Å²) in [4.78, 5) is 4.24. The van der Waals surface area contributed by atoms with E-state index in [9.17, 15) is 8.42 Å². The molecule has 1 unspecified atom stereocenters. The Kier molecular flexibility index (Phi) is 7.18. The highest BCUT2D eigenvalue weighted by molar-refractivity contribution is 7.91. The van der Waals surface area contributed by atoms with Crippen LogP contribution in [0, 0.1) is 11.8 Å². The van der Waals surface area contributed by atoms with Crippen molar-refractivity contribution in [3.05, 3.63) is 0 Å². The van der Waals surface area contributed by atoms with Gasteiger partial charge in [-0.05, 0) is 31.1 Å². The van der Waals surface area contributed by atoms with Gasteiger partial charge in [-0.2, -0.15) is 0 Å². The zero-order valence-electron chi connectivity index (χ0n) is 14.7. The van der Waals surface area contributed by atoms with E-state index < -0.39 is 9.84 Å². The lowest BCUT2D eigenvalue weighted by atomic mass is 9.80. The minimum absolute atomic E-state index is 0.0102. The lowest BCUT2D eigenvalue weighted by molar-refractivity contribution is 0.259. The zero-order chi connectivity index (χ0) is 16.7. The minimum Gasteiger partial charge on any atom is -0.356 e. The first kappa shape index (κ1) is 18.6. The van der Waals surface area contributed by atoms with E-state index in [0.29, 0.717) is 12.2 Å². The summed E-state index contributed by atoms with van der Waals surface area (Å²) in [5.74, 6) is 2.94. The van der Waals surface area contributed by atoms with Crippen LogP contribution in [0.3, 0.4) is 0 Å². The van der Waals surface area contributed by atoms with E-state index in [0.717, 1.165) is 24.3 Å². The van der Waals surface area contributed by atoms with Gasteiger partial charge < -0.3 is 10.6 Å². The van der Waals surface area contributed by atoms with Gasteiger partial charge >= 0.3 is 0 Å². The summed E-state index contributed by atoms with van der Waals surface area (Å²) in [5, 5.41) is 6.65. The second kappa shape index (κ2) is 8.90. The summed E-state index contributed by atoms with van der Waals surface area (Å²) < 4.78 is 23.0. The number of aliphatic imine (C=N–C) groups is 1. The number of hydrogen-bond donors (Lipinski definition) is 2. The van der Waals surface area contributed by atoms with Crippen LogP contribution in [0.15, 0.2) is 4.99 Å². The van der Waals surface area contributed by atoms with Gasteiger partial charge in [0, 0.05) is 19.6 Å². The van der Waals surface area contributed by atoms with E-state index in [1.807, 2.05) is 0 Å². The van der Waals surface area contributed by atoms with E-state index in [2.05, 4.69) is 22.5 Å². The summed E-state index contributed by atoms with van der Waals surface area (Å²) in [7, 11) is -1.09. The fourth-order valence-electron chi connectivity index (χ4n) is 3.75. The van der Waals surface area contributed by atoms with E-state index in [1.54, 1.807) is 7.05 Å². The van der Waals surface area contributed by atoms with Gasteiger partial charge in [0.2, 0.25) is 0 Å². The first-order valence-electron chi connectivity index (χ1n) is 9.20. The molecule has 0 amide bonds. The number of rotatable bonds is 6. The lowest BCUT2D eigenvalue weighted by Gasteiger charge is -2.29. The van der Waals surface area contributed by atoms with Crippen molar-refractivity contribution in [1.29, 1.82) is 0 Å². The second-order valence-corrected chi connectivity index (χ2v) is 9.46. The van der Waals surface area contributed by atoms with E-state index >= 15 is 0 Å². The monoisotopic (exact) mass is 343 g/mol. The molecule has 0 spiro atoms. The summed E-state index contributed by atoms with van der Waals surface area (Å²) in [6, 6.07) is 0.0102. The maximum atomic E-state index is 11.5. The summed E-state index contributed by atoms with van der Waals surface area (Å²) >= 11 is 0. The molecule has 1 aliphatic carbocycles. The van der Waals surface area contributed by atoms with Crippen LogP contribution in [-0.4, -0.2) is 45.5 Å².